The van der Waals surface area contributed by atoms with Gasteiger partial charge in [0, 0.05) is 31.1 Å². The highest BCUT2D eigenvalue weighted by molar-refractivity contribution is 5.89. The van der Waals surface area contributed by atoms with Gasteiger partial charge in [0.05, 0.1) is 10.9 Å². The van der Waals surface area contributed by atoms with Gasteiger partial charge in [-0.1, -0.05) is 24.3 Å². The summed E-state index contributed by atoms with van der Waals surface area (Å²) in [6.07, 6.45) is 1.44. The van der Waals surface area contributed by atoms with Gasteiger partial charge in [-0.15, -0.1) is 0 Å². The Balaban J connectivity index is 1.42. The lowest BCUT2D eigenvalue weighted by atomic mass is 10.2. The molecule has 162 valence electrons. The quantitative estimate of drug-likeness (QED) is 0.447. The van der Waals surface area contributed by atoms with Gasteiger partial charge in [0.25, 0.3) is 5.56 Å². The van der Waals surface area contributed by atoms with Crippen molar-refractivity contribution in [2.24, 2.45) is 0 Å². The summed E-state index contributed by atoms with van der Waals surface area (Å²) in [7, 11) is 0. The number of aryl methyl sites for hydroxylation is 1. The number of nitrogens with one attached hydrogen (secondary N) is 4. The van der Waals surface area contributed by atoms with Crippen LogP contribution in [0, 0.1) is 0 Å². The van der Waals surface area contributed by atoms with Crippen molar-refractivity contribution in [3.05, 3.63) is 70.3 Å². The molecule has 2 aromatic carbocycles. The lowest BCUT2D eigenvalue weighted by Gasteiger charge is -2.11. The molecule has 0 aliphatic rings. The first-order chi connectivity index (χ1) is 14.9. The standard InChI is InChI=1S/C23H27N5O3/c1-15(2)25-23(31)26-17-12-10-16(11-13-17)14-24-21(29)9-5-8-20-27-19-7-4-3-6-18(19)22(30)28-20/h3-4,6-7,10-13,15H,5,8-9,14H2,1-2H3,(H,24,29)(H2,25,26,31)(H,27,28,30). The largest absolute Gasteiger partial charge is 0.352 e. The van der Waals surface area contributed by atoms with Crippen LogP contribution < -0.4 is 21.5 Å². The van der Waals surface area contributed by atoms with Crippen LogP contribution in [0.3, 0.4) is 0 Å². The summed E-state index contributed by atoms with van der Waals surface area (Å²) >= 11 is 0. The van der Waals surface area contributed by atoms with Gasteiger partial charge in [0.15, 0.2) is 0 Å². The predicted octanol–water partition coefficient (Wildman–Crippen LogP) is 3.09. The summed E-state index contributed by atoms with van der Waals surface area (Å²) in [5.41, 5.74) is 2.11. The SMILES string of the molecule is CC(C)NC(=O)Nc1ccc(CNC(=O)CCCc2nc3ccccc3c(=O)[nH]2)cc1. The van der Waals surface area contributed by atoms with Crippen LogP contribution in [0.2, 0.25) is 0 Å². The first-order valence-corrected chi connectivity index (χ1v) is 10.3. The molecule has 0 unspecified atom stereocenters. The van der Waals surface area contributed by atoms with E-state index in [1.165, 1.54) is 0 Å². The Bertz CT molecular complexity index is 1110. The molecule has 0 atom stereocenters. The number of anilines is 1. The number of H-pyrrole nitrogens is 1. The minimum atomic E-state index is -0.252. The summed E-state index contributed by atoms with van der Waals surface area (Å²) in [6.45, 7) is 4.19. The molecule has 8 nitrogen and oxygen atoms in total. The number of para-hydroxylation sites is 1. The second-order valence-corrected chi connectivity index (χ2v) is 7.61. The maximum absolute atomic E-state index is 12.1. The predicted molar refractivity (Wildman–Crippen MR) is 121 cm³/mol. The van der Waals surface area contributed by atoms with Crippen molar-refractivity contribution in [2.75, 3.05) is 5.32 Å². The minimum absolute atomic E-state index is 0.0618. The van der Waals surface area contributed by atoms with E-state index in [1.54, 1.807) is 30.3 Å². The summed E-state index contributed by atoms with van der Waals surface area (Å²) in [4.78, 5) is 43.1. The maximum Gasteiger partial charge on any atom is 0.319 e. The number of hydrogen-bond acceptors (Lipinski definition) is 4. The second-order valence-electron chi connectivity index (χ2n) is 7.61. The number of hydrogen-bond donors (Lipinski definition) is 4. The number of nitrogens with zero attached hydrogens (tertiary/aromatic N) is 1. The molecule has 0 aliphatic heterocycles. The second kappa shape index (κ2) is 10.4. The number of carbonyl (C=O) groups excluding carboxylic acids is 2. The van der Waals surface area contributed by atoms with Crippen molar-refractivity contribution in [3.63, 3.8) is 0 Å². The highest BCUT2D eigenvalue weighted by atomic mass is 16.2. The number of benzene rings is 2. The van der Waals surface area contributed by atoms with Crippen molar-refractivity contribution in [1.29, 1.82) is 0 Å². The van der Waals surface area contributed by atoms with Gasteiger partial charge in [0.2, 0.25) is 5.91 Å². The molecule has 0 bridgehead atoms. The summed E-state index contributed by atoms with van der Waals surface area (Å²) in [5.74, 6) is 0.516. The number of fused-ring (bicyclic) bond motifs is 1. The maximum atomic E-state index is 12.1. The monoisotopic (exact) mass is 421 g/mol. The van der Waals surface area contributed by atoms with E-state index in [4.69, 9.17) is 0 Å². The highest BCUT2D eigenvalue weighted by Gasteiger charge is 2.07. The van der Waals surface area contributed by atoms with Crippen molar-refractivity contribution in [3.8, 4) is 0 Å². The molecule has 31 heavy (non-hydrogen) atoms. The molecule has 0 spiro atoms. The first-order valence-electron chi connectivity index (χ1n) is 10.3. The van der Waals surface area contributed by atoms with E-state index < -0.39 is 0 Å². The zero-order chi connectivity index (χ0) is 22.2. The molecular formula is C23H27N5O3. The van der Waals surface area contributed by atoms with Gasteiger partial charge in [-0.25, -0.2) is 9.78 Å². The van der Waals surface area contributed by atoms with E-state index in [1.807, 2.05) is 32.0 Å². The topological polar surface area (TPSA) is 116 Å². The van der Waals surface area contributed by atoms with E-state index in [-0.39, 0.29) is 23.5 Å². The third-order valence-electron chi connectivity index (χ3n) is 4.60. The van der Waals surface area contributed by atoms with E-state index in [0.717, 1.165) is 5.56 Å². The van der Waals surface area contributed by atoms with Gasteiger partial charge in [-0.05, 0) is 50.1 Å². The molecule has 0 saturated carbocycles. The van der Waals surface area contributed by atoms with Gasteiger partial charge in [0.1, 0.15) is 5.82 Å². The number of aromatic amines is 1. The Kier molecular flexibility index (Phi) is 7.37. The van der Waals surface area contributed by atoms with E-state index in [0.29, 0.717) is 48.2 Å². The Morgan fingerprint density at radius 3 is 2.55 bits per heavy atom. The van der Waals surface area contributed by atoms with Gasteiger partial charge >= 0.3 is 6.03 Å². The Morgan fingerprint density at radius 2 is 1.81 bits per heavy atom. The summed E-state index contributed by atoms with van der Waals surface area (Å²) < 4.78 is 0. The van der Waals surface area contributed by atoms with Gasteiger partial charge in [-0.3, -0.25) is 9.59 Å². The van der Waals surface area contributed by atoms with E-state index in [9.17, 15) is 14.4 Å². The van der Waals surface area contributed by atoms with Crippen LogP contribution in [-0.4, -0.2) is 27.9 Å². The molecule has 1 aromatic heterocycles. The fraction of sp³-hybridized carbons (Fsp3) is 0.304. The van der Waals surface area contributed by atoms with Gasteiger partial charge in [-0.2, -0.15) is 0 Å². The summed E-state index contributed by atoms with van der Waals surface area (Å²) in [6, 6.07) is 14.3. The fourth-order valence-electron chi connectivity index (χ4n) is 3.09. The molecule has 3 amide bonds. The molecule has 0 saturated heterocycles. The van der Waals surface area contributed by atoms with Crippen LogP contribution in [0.4, 0.5) is 10.5 Å². The van der Waals surface area contributed by atoms with Crippen LogP contribution in [0.25, 0.3) is 10.9 Å². The average Bonchev–Trinajstić information content (AvgIpc) is 2.73. The van der Waals surface area contributed by atoms with E-state index >= 15 is 0 Å². The number of amides is 3. The number of carbonyl (C=O) groups is 2. The normalized spacial score (nSPS) is 10.8. The lowest BCUT2D eigenvalue weighted by molar-refractivity contribution is -0.121. The fourth-order valence-corrected chi connectivity index (χ4v) is 3.09. The third-order valence-corrected chi connectivity index (χ3v) is 4.60. The molecule has 3 rings (SSSR count). The number of rotatable bonds is 8. The smallest absolute Gasteiger partial charge is 0.319 e. The average molecular weight is 422 g/mol. The van der Waals surface area contributed by atoms with Crippen molar-refractivity contribution in [1.82, 2.24) is 20.6 Å². The van der Waals surface area contributed by atoms with Crippen molar-refractivity contribution in [2.45, 2.75) is 45.7 Å². The number of urea groups is 1. The van der Waals surface area contributed by atoms with Crippen molar-refractivity contribution < 1.29 is 9.59 Å². The van der Waals surface area contributed by atoms with E-state index in [2.05, 4.69) is 25.9 Å². The molecule has 4 N–H and O–H groups in total. The lowest BCUT2D eigenvalue weighted by Crippen LogP contribution is -2.34. The molecule has 1 heterocycles. The highest BCUT2D eigenvalue weighted by Crippen LogP contribution is 2.10. The van der Waals surface area contributed by atoms with Crippen LogP contribution in [0.5, 0.6) is 0 Å². The minimum Gasteiger partial charge on any atom is -0.352 e. The molecular weight excluding hydrogens is 394 g/mol. The third kappa shape index (κ3) is 6.67. The molecule has 3 aromatic rings. The van der Waals surface area contributed by atoms with Crippen LogP contribution >= 0.6 is 0 Å². The summed E-state index contributed by atoms with van der Waals surface area (Å²) in [5, 5.41) is 8.96. The molecule has 0 fully saturated rings. The van der Waals surface area contributed by atoms with Crippen LogP contribution in [0.15, 0.2) is 53.3 Å². The first kappa shape index (κ1) is 22.0. The Morgan fingerprint density at radius 1 is 1.06 bits per heavy atom. The molecule has 0 radical (unpaired) electrons. The van der Waals surface area contributed by atoms with Crippen LogP contribution in [-0.2, 0) is 17.8 Å². The zero-order valence-electron chi connectivity index (χ0n) is 17.7. The Labute approximate surface area is 180 Å². The molecule has 8 heteroatoms. The molecule has 0 aliphatic carbocycles. The number of aromatic nitrogens is 2. The zero-order valence-corrected chi connectivity index (χ0v) is 17.7. The van der Waals surface area contributed by atoms with Crippen LogP contribution in [0.1, 0.15) is 38.1 Å². The van der Waals surface area contributed by atoms with Gasteiger partial charge < -0.3 is 20.9 Å². The van der Waals surface area contributed by atoms with Crippen molar-refractivity contribution >= 4 is 28.5 Å². The Hall–Kier alpha value is -3.68.